The molecule has 8 heteroatoms. The van der Waals surface area contributed by atoms with Gasteiger partial charge in [0.05, 0.1) is 11.8 Å². The summed E-state index contributed by atoms with van der Waals surface area (Å²) in [6.45, 7) is 0. The fourth-order valence-corrected chi connectivity index (χ4v) is 1.94. The second kappa shape index (κ2) is 5.28. The maximum atomic E-state index is 11.8. The lowest BCUT2D eigenvalue weighted by atomic mass is 10.3. The average molecular weight is 359 g/mol. The number of hydrogen-bond acceptors (Lipinski definition) is 5. The van der Waals surface area contributed by atoms with Crippen molar-refractivity contribution < 1.29 is 4.79 Å². The van der Waals surface area contributed by atoms with E-state index < -0.39 is 0 Å². The Morgan fingerprint density at radius 3 is 2.53 bits per heavy atom. The van der Waals surface area contributed by atoms with Crippen LogP contribution in [0.5, 0.6) is 0 Å². The van der Waals surface area contributed by atoms with Gasteiger partial charge in [0.15, 0.2) is 5.82 Å². The van der Waals surface area contributed by atoms with Gasteiger partial charge in [-0.2, -0.15) is 0 Å². The maximum Gasteiger partial charge on any atom is 0.260 e. The van der Waals surface area contributed by atoms with E-state index in [0.29, 0.717) is 20.6 Å². The number of halogens is 2. The van der Waals surface area contributed by atoms with Crippen LogP contribution in [-0.4, -0.2) is 25.8 Å². The van der Waals surface area contributed by atoms with Crippen LogP contribution in [0.15, 0.2) is 34.1 Å². The predicted molar refractivity (Wildman–Crippen MR) is 67.4 cm³/mol. The van der Waals surface area contributed by atoms with E-state index in [-0.39, 0.29) is 5.91 Å². The van der Waals surface area contributed by atoms with E-state index in [1.807, 2.05) is 0 Å². The number of rotatable bonds is 2. The zero-order valence-electron chi connectivity index (χ0n) is 8.26. The molecule has 0 saturated heterocycles. The Morgan fingerprint density at radius 2 is 1.88 bits per heavy atom. The molecule has 0 aliphatic rings. The van der Waals surface area contributed by atoms with Crippen molar-refractivity contribution in [2.75, 3.05) is 5.32 Å². The van der Waals surface area contributed by atoms with Gasteiger partial charge in [-0.25, -0.2) is 19.9 Å². The number of aromatic nitrogens is 4. The van der Waals surface area contributed by atoms with Crippen molar-refractivity contribution in [3.63, 3.8) is 0 Å². The predicted octanol–water partition coefficient (Wildman–Crippen LogP) is 2.04. The molecule has 2 aromatic rings. The third kappa shape index (κ3) is 3.04. The monoisotopic (exact) mass is 357 g/mol. The molecule has 2 rings (SSSR count). The first-order valence-electron chi connectivity index (χ1n) is 4.41. The number of nitrogens with zero attached hydrogens (tertiary/aromatic N) is 4. The van der Waals surface area contributed by atoms with Crippen molar-refractivity contribution in [1.82, 2.24) is 19.9 Å². The average Bonchev–Trinajstić information content (AvgIpc) is 2.34. The first-order chi connectivity index (χ1) is 8.16. The summed E-state index contributed by atoms with van der Waals surface area (Å²) in [7, 11) is 0. The summed E-state index contributed by atoms with van der Waals surface area (Å²) >= 11 is 6.37. The van der Waals surface area contributed by atoms with Crippen molar-refractivity contribution in [3.8, 4) is 0 Å². The maximum absolute atomic E-state index is 11.8. The summed E-state index contributed by atoms with van der Waals surface area (Å²) in [5.74, 6) is -0.00928. The minimum atomic E-state index is -0.345. The van der Waals surface area contributed by atoms with Gasteiger partial charge < -0.3 is 5.32 Å². The van der Waals surface area contributed by atoms with Crippen molar-refractivity contribution >= 4 is 43.6 Å². The van der Waals surface area contributed by atoms with Crippen LogP contribution >= 0.6 is 31.9 Å². The molecule has 0 spiro atoms. The van der Waals surface area contributed by atoms with Gasteiger partial charge in [-0.1, -0.05) is 0 Å². The summed E-state index contributed by atoms with van der Waals surface area (Å²) in [5, 5.41) is 2.59. The second-order valence-electron chi connectivity index (χ2n) is 2.91. The van der Waals surface area contributed by atoms with E-state index >= 15 is 0 Å². The van der Waals surface area contributed by atoms with Gasteiger partial charge in [-0.05, 0) is 31.9 Å². The van der Waals surface area contributed by atoms with Gasteiger partial charge >= 0.3 is 0 Å². The molecule has 0 saturated carbocycles. The fourth-order valence-electron chi connectivity index (χ4n) is 1.03. The Hall–Kier alpha value is -1.41. The molecule has 0 aromatic carbocycles. The number of carbonyl (C=O) groups is 1. The van der Waals surface area contributed by atoms with Crippen LogP contribution in [0.25, 0.3) is 0 Å². The third-order valence-electron chi connectivity index (χ3n) is 1.76. The molecule has 0 fully saturated rings. The molecule has 0 bridgehead atoms. The van der Waals surface area contributed by atoms with Gasteiger partial charge in [0.2, 0.25) is 0 Å². The Bertz CT molecular complexity index is 548. The molecule has 1 amide bonds. The van der Waals surface area contributed by atoms with Gasteiger partial charge in [-0.15, -0.1) is 0 Å². The van der Waals surface area contributed by atoms with E-state index in [2.05, 4.69) is 57.1 Å². The minimum absolute atomic E-state index is 0.335. The highest BCUT2D eigenvalue weighted by Crippen LogP contribution is 2.19. The molecule has 0 unspecified atom stereocenters. The van der Waals surface area contributed by atoms with Crippen molar-refractivity contribution in [2.24, 2.45) is 0 Å². The number of nitrogens with one attached hydrogen (secondary N) is 1. The van der Waals surface area contributed by atoms with Gasteiger partial charge in [0, 0.05) is 12.4 Å². The number of carbonyl (C=O) groups excluding carboxylic acids is 1. The molecule has 0 radical (unpaired) electrons. The highest BCUT2D eigenvalue weighted by Gasteiger charge is 2.10. The van der Waals surface area contributed by atoms with Crippen molar-refractivity contribution in [3.05, 3.63) is 39.7 Å². The van der Waals surface area contributed by atoms with Crippen molar-refractivity contribution in [2.45, 2.75) is 0 Å². The summed E-state index contributed by atoms with van der Waals surface area (Å²) < 4.78 is 1.02. The second-order valence-corrected chi connectivity index (χ2v) is 4.48. The lowest BCUT2D eigenvalue weighted by Crippen LogP contribution is -2.14. The summed E-state index contributed by atoms with van der Waals surface area (Å²) in [6.07, 6.45) is 5.68. The molecule has 1 N–H and O–H groups in total. The number of anilines is 1. The van der Waals surface area contributed by atoms with Crippen LogP contribution in [-0.2, 0) is 0 Å². The first-order valence-corrected chi connectivity index (χ1v) is 6.00. The Labute approximate surface area is 113 Å². The molecule has 86 valence electrons. The molecule has 6 nitrogen and oxygen atoms in total. The van der Waals surface area contributed by atoms with Gasteiger partial charge in [0.25, 0.3) is 5.91 Å². The first kappa shape index (κ1) is 12.1. The molecule has 2 aromatic heterocycles. The topological polar surface area (TPSA) is 80.7 Å². The molecule has 17 heavy (non-hydrogen) atoms. The third-order valence-corrected chi connectivity index (χ3v) is 2.69. The summed E-state index contributed by atoms with van der Waals surface area (Å²) in [4.78, 5) is 27.3. The normalized spacial score (nSPS) is 10.0. The minimum Gasteiger partial charge on any atom is -0.304 e. The highest BCUT2D eigenvalue weighted by atomic mass is 79.9. The van der Waals surface area contributed by atoms with Crippen LogP contribution < -0.4 is 5.32 Å². The zero-order valence-corrected chi connectivity index (χ0v) is 11.4. The van der Waals surface area contributed by atoms with Crippen LogP contribution in [0.1, 0.15) is 10.4 Å². The summed E-state index contributed by atoms with van der Waals surface area (Å²) in [5.41, 5.74) is 0.351. The fraction of sp³-hybridized carbons (Fsp3) is 0. The Balaban J connectivity index is 2.19. The molecular weight excluding hydrogens is 354 g/mol. The van der Waals surface area contributed by atoms with Gasteiger partial charge in [-0.3, -0.25) is 4.79 Å². The summed E-state index contributed by atoms with van der Waals surface area (Å²) in [6, 6.07) is 0. The number of amides is 1. The van der Waals surface area contributed by atoms with E-state index in [1.165, 1.54) is 24.9 Å². The van der Waals surface area contributed by atoms with E-state index in [0.717, 1.165) is 0 Å². The van der Waals surface area contributed by atoms with Crippen LogP contribution in [0, 0.1) is 0 Å². The lowest BCUT2D eigenvalue weighted by molar-refractivity contribution is 0.102. The largest absolute Gasteiger partial charge is 0.304 e. The lowest BCUT2D eigenvalue weighted by Gasteiger charge is -2.05. The Kier molecular flexibility index (Phi) is 3.75. The van der Waals surface area contributed by atoms with Crippen LogP contribution in [0.4, 0.5) is 5.82 Å². The van der Waals surface area contributed by atoms with Crippen LogP contribution in [0.3, 0.4) is 0 Å². The molecule has 2 heterocycles. The SMILES string of the molecule is O=C(Nc1ncc(Br)nc1Br)c1cncnc1. The standard InChI is InChI=1S/C9H5Br2N5O/c10-6-3-14-8(7(11)15-6)16-9(17)5-1-12-4-13-2-5/h1-4H,(H,14,16,17). The van der Waals surface area contributed by atoms with Gasteiger partial charge in [0.1, 0.15) is 15.5 Å². The van der Waals surface area contributed by atoms with E-state index in [1.54, 1.807) is 0 Å². The zero-order chi connectivity index (χ0) is 12.3. The van der Waals surface area contributed by atoms with Crippen molar-refractivity contribution in [1.29, 1.82) is 0 Å². The van der Waals surface area contributed by atoms with Crippen LogP contribution in [0.2, 0.25) is 0 Å². The molecule has 0 aliphatic heterocycles. The Morgan fingerprint density at radius 1 is 1.18 bits per heavy atom. The quantitative estimate of drug-likeness (QED) is 0.888. The molecule has 0 aliphatic carbocycles. The highest BCUT2D eigenvalue weighted by molar-refractivity contribution is 9.11. The molecule has 0 atom stereocenters. The van der Waals surface area contributed by atoms with E-state index in [4.69, 9.17) is 0 Å². The van der Waals surface area contributed by atoms with E-state index in [9.17, 15) is 4.79 Å². The number of hydrogen-bond donors (Lipinski definition) is 1. The molecular formula is C9H5Br2N5O. The smallest absolute Gasteiger partial charge is 0.260 e.